The van der Waals surface area contributed by atoms with E-state index in [1.54, 1.807) is 18.2 Å². The number of phenolic OH excluding ortho intramolecular Hbond substituents is 2. The minimum atomic E-state index is -0.111. The van der Waals surface area contributed by atoms with Crippen LogP contribution in [-0.2, 0) is 18.3 Å². The molecular formula is C24H26O2. The van der Waals surface area contributed by atoms with Crippen LogP contribution in [0.15, 0.2) is 66.7 Å². The largest absolute Gasteiger partial charge is 0.508 e. The molecule has 0 saturated carbocycles. The van der Waals surface area contributed by atoms with Gasteiger partial charge in [-0.1, -0.05) is 62.4 Å². The molecule has 0 bridgehead atoms. The summed E-state index contributed by atoms with van der Waals surface area (Å²) in [5.74, 6) is 0.652. The Kier molecular flexibility index (Phi) is 5.03. The van der Waals surface area contributed by atoms with E-state index in [-0.39, 0.29) is 5.41 Å². The molecule has 0 aromatic heterocycles. The molecule has 26 heavy (non-hydrogen) atoms. The standard InChI is InChI=1S/C24H26O2/c1-17-16-19(8-15-23(17)26)5-4-18-6-9-20(10-7-18)24(2,3)21-11-13-22(25)14-12-21/h6-16,25-26H,4-5H2,1-3H3. The number of rotatable bonds is 5. The fourth-order valence-electron chi connectivity index (χ4n) is 3.29. The van der Waals surface area contributed by atoms with Gasteiger partial charge in [0.25, 0.3) is 0 Å². The summed E-state index contributed by atoms with van der Waals surface area (Å²) in [5, 5.41) is 19.1. The zero-order valence-electron chi connectivity index (χ0n) is 15.7. The third-order valence-electron chi connectivity index (χ3n) is 5.23. The molecular weight excluding hydrogens is 320 g/mol. The smallest absolute Gasteiger partial charge is 0.118 e. The van der Waals surface area contributed by atoms with Gasteiger partial charge in [-0.25, -0.2) is 0 Å². The van der Waals surface area contributed by atoms with E-state index < -0.39 is 0 Å². The minimum absolute atomic E-state index is 0.111. The number of phenols is 2. The summed E-state index contributed by atoms with van der Waals surface area (Å²) in [5.41, 5.74) is 5.80. The fourth-order valence-corrected chi connectivity index (χ4v) is 3.29. The molecule has 0 heterocycles. The highest BCUT2D eigenvalue weighted by molar-refractivity contribution is 5.41. The second-order valence-corrected chi connectivity index (χ2v) is 7.49. The molecule has 0 amide bonds. The molecule has 0 aliphatic carbocycles. The third-order valence-corrected chi connectivity index (χ3v) is 5.23. The van der Waals surface area contributed by atoms with Gasteiger partial charge in [0.05, 0.1) is 0 Å². The molecule has 3 aromatic carbocycles. The van der Waals surface area contributed by atoms with E-state index in [0.717, 1.165) is 18.4 Å². The van der Waals surface area contributed by atoms with Crippen LogP contribution < -0.4 is 0 Å². The maximum Gasteiger partial charge on any atom is 0.118 e. The van der Waals surface area contributed by atoms with Crippen molar-refractivity contribution in [3.05, 3.63) is 94.5 Å². The highest BCUT2D eigenvalue weighted by Crippen LogP contribution is 2.32. The SMILES string of the molecule is Cc1cc(CCc2ccc(C(C)(C)c3ccc(O)cc3)cc2)ccc1O. The summed E-state index contributed by atoms with van der Waals surface area (Å²) in [7, 11) is 0. The summed E-state index contributed by atoms with van der Waals surface area (Å²) in [6.45, 7) is 6.33. The summed E-state index contributed by atoms with van der Waals surface area (Å²) >= 11 is 0. The van der Waals surface area contributed by atoms with Gasteiger partial charge >= 0.3 is 0 Å². The van der Waals surface area contributed by atoms with Crippen LogP contribution in [0.3, 0.4) is 0 Å². The van der Waals surface area contributed by atoms with Crippen molar-refractivity contribution in [1.82, 2.24) is 0 Å². The summed E-state index contributed by atoms with van der Waals surface area (Å²) in [6, 6.07) is 22.1. The second kappa shape index (κ2) is 7.25. The Hall–Kier alpha value is -2.74. The first-order chi connectivity index (χ1) is 12.4. The molecule has 0 unspecified atom stereocenters. The van der Waals surface area contributed by atoms with Crippen molar-refractivity contribution in [2.75, 3.05) is 0 Å². The van der Waals surface area contributed by atoms with Gasteiger partial charge in [-0.15, -0.1) is 0 Å². The number of benzene rings is 3. The molecule has 3 rings (SSSR count). The molecule has 2 N–H and O–H groups in total. The van der Waals surface area contributed by atoms with Crippen LogP contribution in [0.25, 0.3) is 0 Å². The van der Waals surface area contributed by atoms with Gasteiger partial charge in [-0.2, -0.15) is 0 Å². The molecule has 0 aliphatic rings. The minimum Gasteiger partial charge on any atom is -0.508 e. The van der Waals surface area contributed by atoms with Crippen molar-refractivity contribution >= 4 is 0 Å². The lowest BCUT2D eigenvalue weighted by Gasteiger charge is -2.26. The molecule has 0 radical (unpaired) electrons. The Morgan fingerprint density at radius 3 is 1.77 bits per heavy atom. The first kappa shape index (κ1) is 18.1. The van der Waals surface area contributed by atoms with Gasteiger partial charge in [-0.3, -0.25) is 0 Å². The molecule has 0 aliphatic heterocycles. The van der Waals surface area contributed by atoms with Crippen molar-refractivity contribution in [2.24, 2.45) is 0 Å². The maximum absolute atomic E-state index is 9.63. The van der Waals surface area contributed by atoms with Gasteiger partial charge in [0.15, 0.2) is 0 Å². The van der Waals surface area contributed by atoms with E-state index in [9.17, 15) is 10.2 Å². The van der Waals surface area contributed by atoms with Crippen LogP contribution in [0.1, 0.15) is 41.7 Å². The van der Waals surface area contributed by atoms with Crippen LogP contribution in [-0.4, -0.2) is 10.2 Å². The van der Waals surface area contributed by atoms with Crippen LogP contribution in [0.5, 0.6) is 11.5 Å². The first-order valence-corrected chi connectivity index (χ1v) is 9.04. The summed E-state index contributed by atoms with van der Waals surface area (Å²) in [6.07, 6.45) is 1.94. The fraction of sp³-hybridized carbons (Fsp3) is 0.250. The van der Waals surface area contributed by atoms with Crippen molar-refractivity contribution in [1.29, 1.82) is 0 Å². The van der Waals surface area contributed by atoms with Crippen LogP contribution in [0.2, 0.25) is 0 Å². The predicted molar refractivity (Wildman–Crippen MR) is 107 cm³/mol. The van der Waals surface area contributed by atoms with E-state index in [1.807, 2.05) is 25.1 Å². The zero-order chi connectivity index (χ0) is 18.7. The van der Waals surface area contributed by atoms with Crippen LogP contribution in [0, 0.1) is 6.92 Å². The lowest BCUT2D eigenvalue weighted by atomic mass is 9.78. The Morgan fingerprint density at radius 2 is 1.19 bits per heavy atom. The lowest BCUT2D eigenvalue weighted by molar-refractivity contribution is 0.471. The molecule has 0 saturated heterocycles. The average molecular weight is 346 g/mol. The van der Waals surface area contributed by atoms with E-state index in [1.165, 1.54) is 22.3 Å². The zero-order valence-corrected chi connectivity index (χ0v) is 15.7. The van der Waals surface area contributed by atoms with Crippen LogP contribution in [0.4, 0.5) is 0 Å². The summed E-state index contributed by atoms with van der Waals surface area (Å²) in [4.78, 5) is 0. The Bertz CT molecular complexity index is 875. The first-order valence-electron chi connectivity index (χ1n) is 9.04. The molecule has 0 fully saturated rings. The molecule has 2 heteroatoms. The molecule has 3 aromatic rings. The van der Waals surface area contributed by atoms with E-state index in [0.29, 0.717) is 11.5 Å². The quantitative estimate of drug-likeness (QED) is 0.639. The molecule has 0 atom stereocenters. The number of hydrogen-bond acceptors (Lipinski definition) is 2. The molecule has 134 valence electrons. The monoisotopic (exact) mass is 346 g/mol. The van der Waals surface area contributed by atoms with Gasteiger partial charge < -0.3 is 10.2 Å². The number of aryl methyl sites for hydroxylation is 3. The molecule has 0 spiro atoms. The normalized spacial score (nSPS) is 11.5. The Balaban J connectivity index is 1.71. The summed E-state index contributed by atoms with van der Waals surface area (Å²) < 4.78 is 0. The van der Waals surface area contributed by atoms with Crippen molar-refractivity contribution in [3.8, 4) is 11.5 Å². The van der Waals surface area contributed by atoms with E-state index in [2.05, 4.69) is 44.2 Å². The van der Waals surface area contributed by atoms with Crippen molar-refractivity contribution in [3.63, 3.8) is 0 Å². The third kappa shape index (κ3) is 3.91. The lowest BCUT2D eigenvalue weighted by Crippen LogP contribution is -2.18. The predicted octanol–water partition coefficient (Wildman–Crippen LogP) is 5.52. The van der Waals surface area contributed by atoms with Crippen molar-refractivity contribution in [2.45, 2.75) is 39.0 Å². The average Bonchev–Trinajstić information content (AvgIpc) is 2.63. The number of hydrogen-bond donors (Lipinski definition) is 2. The highest BCUT2D eigenvalue weighted by atomic mass is 16.3. The number of aromatic hydroxyl groups is 2. The highest BCUT2D eigenvalue weighted by Gasteiger charge is 2.22. The maximum atomic E-state index is 9.63. The Labute approximate surface area is 155 Å². The van der Waals surface area contributed by atoms with Crippen LogP contribution >= 0.6 is 0 Å². The van der Waals surface area contributed by atoms with Gasteiger partial charge in [0.1, 0.15) is 11.5 Å². The van der Waals surface area contributed by atoms with E-state index >= 15 is 0 Å². The van der Waals surface area contributed by atoms with Gasteiger partial charge in [0.2, 0.25) is 0 Å². The van der Waals surface area contributed by atoms with Gasteiger partial charge in [-0.05, 0) is 65.8 Å². The Morgan fingerprint density at radius 1 is 0.692 bits per heavy atom. The topological polar surface area (TPSA) is 40.5 Å². The molecule has 2 nitrogen and oxygen atoms in total. The van der Waals surface area contributed by atoms with Crippen molar-refractivity contribution < 1.29 is 10.2 Å². The van der Waals surface area contributed by atoms with E-state index in [4.69, 9.17) is 0 Å². The second-order valence-electron chi connectivity index (χ2n) is 7.49. The van der Waals surface area contributed by atoms with Gasteiger partial charge in [0, 0.05) is 5.41 Å².